The maximum atomic E-state index is 6.89. The summed E-state index contributed by atoms with van der Waals surface area (Å²) in [7, 11) is 0. The molecule has 0 saturated carbocycles. The Hall–Kier alpha value is -7.17. The molecule has 0 bridgehead atoms. The van der Waals surface area contributed by atoms with Crippen LogP contribution in [0.25, 0.3) is 77.4 Å². The van der Waals surface area contributed by atoms with Crippen LogP contribution < -0.4 is 15.9 Å². The average Bonchev–Trinajstić information content (AvgIpc) is 3.80. The quantitative estimate of drug-likeness (QED) is 0.195. The van der Waals surface area contributed by atoms with Crippen molar-refractivity contribution < 1.29 is 4.42 Å². The maximum Gasteiger partial charge on any atom is 0.159 e. The summed E-state index contributed by atoms with van der Waals surface area (Å²) < 4.78 is 9.26. The van der Waals surface area contributed by atoms with Gasteiger partial charge in [0.25, 0.3) is 0 Å². The first-order valence-corrected chi connectivity index (χ1v) is 18.4. The van der Waals surface area contributed by atoms with Gasteiger partial charge in [0.2, 0.25) is 0 Å². The van der Waals surface area contributed by atoms with Crippen LogP contribution in [0.5, 0.6) is 0 Å². The molecule has 54 heavy (non-hydrogen) atoms. The third-order valence-corrected chi connectivity index (χ3v) is 10.9. The number of hydrogen-bond acceptors (Lipinski definition) is 3. The van der Waals surface area contributed by atoms with Crippen molar-refractivity contribution in [1.29, 1.82) is 0 Å². The molecule has 1 aliphatic rings. The second kappa shape index (κ2) is 12.2. The second-order valence-electron chi connectivity index (χ2n) is 13.9. The lowest BCUT2D eigenvalue weighted by molar-refractivity contribution is 0.636. The molecule has 0 amide bonds. The molecular weight excluding hydrogens is 659 g/mol. The van der Waals surface area contributed by atoms with Crippen molar-refractivity contribution in [2.45, 2.75) is 6.17 Å². The molecule has 0 aliphatic carbocycles. The fraction of sp³-hybridized carbons (Fsp3) is 0.0200. The van der Waals surface area contributed by atoms with Crippen LogP contribution in [0.1, 0.15) is 17.3 Å². The molecule has 10 aromatic rings. The third kappa shape index (κ3) is 4.81. The molecule has 0 fully saturated rings. The summed E-state index contributed by atoms with van der Waals surface area (Å²) in [5.41, 5.74) is 13.0. The van der Waals surface area contributed by atoms with E-state index < -0.39 is 0 Å². The molecule has 11 rings (SSSR count). The van der Waals surface area contributed by atoms with Crippen LogP contribution in [0.2, 0.25) is 0 Å². The Kier molecular flexibility index (Phi) is 6.89. The zero-order valence-corrected chi connectivity index (χ0v) is 29.3. The Labute approximate surface area is 311 Å². The van der Waals surface area contributed by atoms with Gasteiger partial charge in [-0.2, -0.15) is 0 Å². The molecule has 0 radical (unpaired) electrons. The minimum atomic E-state index is -0.321. The predicted molar refractivity (Wildman–Crippen MR) is 221 cm³/mol. The molecule has 1 atom stereocenters. The van der Waals surface area contributed by atoms with Gasteiger partial charge in [-0.25, -0.2) is 0 Å². The molecular formula is C50H33N3O. The van der Waals surface area contributed by atoms with E-state index >= 15 is 0 Å². The molecule has 1 N–H and O–H groups in total. The summed E-state index contributed by atoms with van der Waals surface area (Å²) in [4.78, 5) is 5.31. The normalized spacial score (nSPS) is 14.0. The Morgan fingerprint density at radius 3 is 1.94 bits per heavy atom. The van der Waals surface area contributed by atoms with E-state index in [0.29, 0.717) is 0 Å². The SMILES string of the molecule is c1ccc(-c2ccc(C3=c4ccccc4=NC(c4cccc5oc6c(-n7c8ccccc8c8ccc(-c9ccccc9)cc87)cccc6c45)N3)cc2)cc1. The summed E-state index contributed by atoms with van der Waals surface area (Å²) in [5, 5.41) is 10.5. The molecule has 0 spiro atoms. The summed E-state index contributed by atoms with van der Waals surface area (Å²) in [5.74, 6) is 0. The van der Waals surface area contributed by atoms with Crippen molar-refractivity contribution in [3.8, 4) is 27.9 Å². The molecule has 2 aromatic heterocycles. The smallest absolute Gasteiger partial charge is 0.159 e. The molecule has 4 nitrogen and oxygen atoms in total. The number of nitrogens with one attached hydrogen (secondary N) is 1. The number of nitrogens with zero attached hydrogens (tertiary/aromatic N) is 2. The monoisotopic (exact) mass is 691 g/mol. The van der Waals surface area contributed by atoms with Crippen molar-refractivity contribution in [3.05, 3.63) is 210 Å². The lowest BCUT2D eigenvalue weighted by atomic mass is 9.99. The first-order chi connectivity index (χ1) is 26.8. The largest absolute Gasteiger partial charge is 0.454 e. The number of hydrogen-bond donors (Lipinski definition) is 1. The highest BCUT2D eigenvalue weighted by molar-refractivity contribution is 6.14. The van der Waals surface area contributed by atoms with E-state index in [1.54, 1.807) is 0 Å². The first kappa shape index (κ1) is 30.5. The minimum Gasteiger partial charge on any atom is -0.454 e. The summed E-state index contributed by atoms with van der Waals surface area (Å²) in [6.07, 6.45) is -0.321. The van der Waals surface area contributed by atoms with Crippen LogP contribution in [0.3, 0.4) is 0 Å². The van der Waals surface area contributed by atoms with Crippen LogP contribution >= 0.6 is 0 Å². The van der Waals surface area contributed by atoms with Gasteiger partial charge in [-0.1, -0.05) is 158 Å². The van der Waals surface area contributed by atoms with E-state index in [9.17, 15) is 0 Å². The van der Waals surface area contributed by atoms with Crippen LogP contribution in [0.4, 0.5) is 0 Å². The number of benzene rings is 8. The van der Waals surface area contributed by atoms with Crippen molar-refractivity contribution in [1.82, 2.24) is 9.88 Å². The Morgan fingerprint density at radius 2 is 1.11 bits per heavy atom. The van der Waals surface area contributed by atoms with Gasteiger partial charge in [-0.05, 0) is 58.1 Å². The highest BCUT2D eigenvalue weighted by Gasteiger charge is 2.24. The molecule has 8 aromatic carbocycles. The average molecular weight is 692 g/mol. The van der Waals surface area contributed by atoms with Gasteiger partial charge in [0.05, 0.1) is 27.8 Å². The number of rotatable bonds is 5. The Morgan fingerprint density at radius 1 is 0.481 bits per heavy atom. The van der Waals surface area contributed by atoms with Crippen molar-refractivity contribution in [3.63, 3.8) is 0 Å². The molecule has 0 saturated heterocycles. The van der Waals surface area contributed by atoms with E-state index in [1.807, 2.05) is 0 Å². The van der Waals surface area contributed by atoms with Gasteiger partial charge in [-0.15, -0.1) is 0 Å². The molecule has 1 aliphatic heterocycles. The zero-order chi connectivity index (χ0) is 35.6. The van der Waals surface area contributed by atoms with E-state index in [1.165, 1.54) is 33.0 Å². The van der Waals surface area contributed by atoms with Crippen molar-refractivity contribution in [2.24, 2.45) is 4.99 Å². The van der Waals surface area contributed by atoms with Crippen LogP contribution in [0.15, 0.2) is 197 Å². The zero-order valence-electron chi connectivity index (χ0n) is 29.3. The fourth-order valence-corrected chi connectivity index (χ4v) is 8.33. The Balaban J connectivity index is 1.08. The van der Waals surface area contributed by atoms with E-state index in [-0.39, 0.29) is 6.17 Å². The van der Waals surface area contributed by atoms with E-state index in [2.05, 4.69) is 198 Å². The van der Waals surface area contributed by atoms with Crippen molar-refractivity contribution >= 4 is 49.4 Å². The standard InChI is InChI=1S/C50H33N3O/c1-3-13-32(14-4-1)34-25-27-35(28-26-34)48-39-18-7-9-21-42(39)51-50(52-48)41-20-12-24-46-47(41)40-19-11-23-44(49(40)54-46)53-43-22-10-8-17-37(43)38-30-29-36(31-45(38)53)33-15-5-2-6-16-33/h1-31,50,52H. The number of furan rings is 1. The highest BCUT2D eigenvalue weighted by Crippen LogP contribution is 2.41. The first-order valence-electron chi connectivity index (χ1n) is 18.4. The van der Waals surface area contributed by atoms with Gasteiger partial charge in [0.15, 0.2) is 5.58 Å². The predicted octanol–water partition coefficient (Wildman–Crippen LogP) is 11.1. The topological polar surface area (TPSA) is 42.5 Å². The van der Waals surface area contributed by atoms with Gasteiger partial charge in [0, 0.05) is 32.3 Å². The number of fused-ring (bicyclic) bond motifs is 7. The van der Waals surface area contributed by atoms with Gasteiger partial charge in [0.1, 0.15) is 11.7 Å². The van der Waals surface area contributed by atoms with Crippen LogP contribution in [0, 0.1) is 0 Å². The molecule has 1 unspecified atom stereocenters. The number of para-hydroxylation sites is 3. The van der Waals surface area contributed by atoms with Crippen molar-refractivity contribution in [2.75, 3.05) is 0 Å². The summed E-state index contributed by atoms with van der Waals surface area (Å²) in [6, 6.07) is 66.6. The molecule has 254 valence electrons. The lowest BCUT2D eigenvalue weighted by Gasteiger charge is -2.23. The summed E-state index contributed by atoms with van der Waals surface area (Å²) in [6.45, 7) is 0. The summed E-state index contributed by atoms with van der Waals surface area (Å²) >= 11 is 0. The van der Waals surface area contributed by atoms with E-state index in [4.69, 9.17) is 9.41 Å². The van der Waals surface area contributed by atoms with Gasteiger partial charge in [-0.3, -0.25) is 4.99 Å². The van der Waals surface area contributed by atoms with Crippen LogP contribution in [-0.2, 0) is 0 Å². The minimum absolute atomic E-state index is 0.321. The molecule has 3 heterocycles. The number of aromatic nitrogens is 1. The van der Waals surface area contributed by atoms with Gasteiger partial charge < -0.3 is 14.3 Å². The van der Waals surface area contributed by atoms with Gasteiger partial charge >= 0.3 is 0 Å². The fourth-order valence-electron chi connectivity index (χ4n) is 8.33. The maximum absolute atomic E-state index is 6.89. The third-order valence-electron chi connectivity index (χ3n) is 10.9. The lowest BCUT2D eigenvalue weighted by Crippen LogP contribution is -2.39. The van der Waals surface area contributed by atoms with Crippen LogP contribution in [-0.4, -0.2) is 4.57 Å². The van der Waals surface area contributed by atoms with E-state index in [0.717, 1.165) is 66.1 Å². The second-order valence-corrected chi connectivity index (χ2v) is 13.9. The Bertz CT molecular complexity index is 3180. The molecule has 4 heteroatoms. The highest BCUT2D eigenvalue weighted by atomic mass is 16.3.